The number of methoxy groups -OCH3 is 1. The molecule has 0 atom stereocenters. The number of rotatable bonds is 6. The molecule has 0 aliphatic heterocycles. The van der Waals surface area contributed by atoms with E-state index in [4.69, 9.17) is 9.47 Å². The molecule has 0 saturated heterocycles. The minimum Gasteiger partial charge on any atom is -0.493 e. The van der Waals surface area contributed by atoms with Gasteiger partial charge < -0.3 is 9.47 Å². The van der Waals surface area contributed by atoms with Gasteiger partial charge in [-0.2, -0.15) is 0 Å². The van der Waals surface area contributed by atoms with E-state index in [0.29, 0.717) is 5.56 Å². The van der Waals surface area contributed by atoms with Crippen LogP contribution in [0.5, 0.6) is 17.2 Å². The highest BCUT2D eigenvalue weighted by Crippen LogP contribution is 2.38. The Labute approximate surface area is 135 Å². The number of ketones is 1. The second kappa shape index (κ2) is 6.73. The Bertz CT molecular complexity index is 833. The molecule has 0 fully saturated rings. The molecule has 0 radical (unpaired) electrons. The van der Waals surface area contributed by atoms with E-state index in [1.807, 2.05) is 0 Å². The number of nitro benzene ring substituents is 2. The van der Waals surface area contributed by atoms with Crippen molar-refractivity contribution in [2.75, 3.05) is 7.11 Å². The fourth-order valence-electron chi connectivity index (χ4n) is 1.94. The first kappa shape index (κ1) is 16.9. The van der Waals surface area contributed by atoms with Gasteiger partial charge in [0.1, 0.15) is 0 Å². The minimum absolute atomic E-state index is 0.138. The molecule has 24 heavy (non-hydrogen) atoms. The van der Waals surface area contributed by atoms with Crippen LogP contribution in [0.15, 0.2) is 36.4 Å². The Kier molecular flexibility index (Phi) is 4.73. The normalized spacial score (nSPS) is 10.1. The molecule has 2 aromatic carbocycles. The number of hydrogen-bond donors (Lipinski definition) is 0. The van der Waals surface area contributed by atoms with E-state index in [0.717, 1.165) is 18.2 Å². The van der Waals surface area contributed by atoms with Crippen LogP contribution >= 0.6 is 0 Å². The van der Waals surface area contributed by atoms with Gasteiger partial charge in [-0.15, -0.1) is 0 Å². The number of nitrogens with zero attached hydrogens (tertiary/aromatic N) is 2. The molecular weight excluding hydrogens is 320 g/mol. The predicted octanol–water partition coefficient (Wildman–Crippen LogP) is 3.51. The predicted molar refractivity (Wildman–Crippen MR) is 82.8 cm³/mol. The lowest BCUT2D eigenvalue weighted by molar-refractivity contribution is -0.394. The second-order valence-corrected chi connectivity index (χ2v) is 4.69. The van der Waals surface area contributed by atoms with Crippen LogP contribution in [0.1, 0.15) is 17.3 Å². The molecule has 0 saturated carbocycles. The van der Waals surface area contributed by atoms with Gasteiger partial charge in [0, 0.05) is 11.6 Å². The monoisotopic (exact) mass is 332 g/mol. The Morgan fingerprint density at radius 3 is 2.17 bits per heavy atom. The van der Waals surface area contributed by atoms with Gasteiger partial charge in [-0.05, 0) is 31.2 Å². The van der Waals surface area contributed by atoms with Gasteiger partial charge in [0.15, 0.2) is 17.3 Å². The van der Waals surface area contributed by atoms with Crippen molar-refractivity contribution < 1.29 is 24.1 Å². The average molecular weight is 332 g/mol. The Hall–Kier alpha value is -3.49. The Morgan fingerprint density at radius 2 is 1.62 bits per heavy atom. The minimum atomic E-state index is -0.779. The third-order valence-corrected chi connectivity index (χ3v) is 3.14. The average Bonchev–Trinajstić information content (AvgIpc) is 2.54. The zero-order valence-electron chi connectivity index (χ0n) is 12.7. The van der Waals surface area contributed by atoms with Gasteiger partial charge in [-0.25, -0.2) is 0 Å². The standard InChI is InChI=1S/C15H12N2O7/c1-9(18)10-3-5-14(15(7-10)23-2)24-13-6-4-11(16(19)20)8-12(13)17(21)22/h3-8H,1-2H3. The van der Waals surface area contributed by atoms with Crippen molar-refractivity contribution in [3.05, 3.63) is 62.2 Å². The molecule has 0 aliphatic rings. The largest absolute Gasteiger partial charge is 0.493 e. The molecule has 0 unspecified atom stereocenters. The van der Waals surface area contributed by atoms with E-state index in [1.165, 1.54) is 32.2 Å². The van der Waals surface area contributed by atoms with Crippen molar-refractivity contribution in [2.24, 2.45) is 0 Å². The smallest absolute Gasteiger partial charge is 0.318 e. The fraction of sp³-hybridized carbons (Fsp3) is 0.133. The number of Topliss-reactive ketones (excluding diaryl/α,β-unsaturated/α-hetero) is 1. The van der Waals surface area contributed by atoms with Crippen molar-refractivity contribution in [1.82, 2.24) is 0 Å². The molecule has 2 rings (SSSR count). The maximum atomic E-state index is 11.4. The van der Waals surface area contributed by atoms with Gasteiger partial charge >= 0.3 is 5.69 Å². The summed E-state index contributed by atoms with van der Waals surface area (Å²) < 4.78 is 10.6. The fourth-order valence-corrected chi connectivity index (χ4v) is 1.94. The zero-order chi connectivity index (χ0) is 17.9. The van der Waals surface area contributed by atoms with Crippen LogP contribution in [-0.2, 0) is 0 Å². The number of benzene rings is 2. The number of ether oxygens (including phenoxy) is 2. The molecule has 0 amide bonds. The maximum Gasteiger partial charge on any atom is 0.318 e. The molecule has 124 valence electrons. The van der Waals surface area contributed by atoms with E-state index < -0.39 is 21.2 Å². The summed E-state index contributed by atoms with van der Waals surface area (Å²) in [5.41, 5.74) is -0.591. The highest BCUT2D eigenvalue weighted by atomic mass is 16.6. The summed E-state index contributed by atoms with van der Waals surface area (Å²) >= 11 is 0. The van der Waals surface area contributed by atoms with E-state index in [-0.39, 0.29) is 23.0 Å². The summed E-state index contributed by atoms with van der Waals surface area (Å²) in [7, 11) is 1.36. The Morgan fingerprint density at radius 1 is 0.958 bits per heavy atom. The lowest BCUT2D eigenvalue weighted by Gasteiger charge is -2.11. The molecule has 0 bridgehead atoms. The summed E-state index contributed by atoms with van der Waals surface area (Å²) in [6.07, 6.45) is 0. The van der Waals surface area contributed by atoms with E-state index >= 15 is 0 Å². The van der Waals surface area contributed by atoms with Crippen LogP contribution in [0.25, 0.3) is 0 Å². The van der Waals surface area contributed by atoms with Crippen molar-refractivity contribution >= 4 is 17.2 Å². The molecule has 0 aromatic heterocycles. The highest BCUT2D eigenvalue weighted by Gasteiger charge is 2.22. The number of non-ortho nitro benzene ring substituents is 1. The molecule has 0 aliphatic carbocycles. The topological polar surface area (TPSA) is 122 Å². The van der Waals surface area contributed by atoms with Crippen LogP contribution in [-0.4, -0.2) is 22.7 Å². The molecule has 0 spiro atoms. The molecule has 2 aromatic rings. The van der Waals surface area contributed by atoms with Crippen LogP contribution < -0.4 is 9.47 Å². The molecular formula is C15H12N2O7. The number of hydrogen-bond acceptors (Lipinski definition) is 7. The van der Waals surface area contributed by atoms with Crippen LogP contribution in [0, 0.1) is 20.2 Å². The quantitative estimate of drug-likeness (QED) is 0.450. The first-order valence-corrected chi connectivity index (χ1v) is 6.63. The number of carbonyl (C=O) groups excluding carboxylic acids is 1. The lowest BCUT2D eigenvalue weighted by Crippen LogP contribution is -1.98. The zero-order valence-corrected chi connectivity index (χ0v) is 12.7. The van der Waals surface area contributed by atoms with Crippen molar-refractivity contribution in [1.29, 1.82) is 0 Å². The van der Waals surface area contributed by atoms with Gasteiger partial charge in [0.2, 0.25) is 5.75 Å². The summed E-state index contributed by atoms with van der Waals surface area (Å²) in [6.45, 7) is 1.39. The number of carbonyl (C=O) groups is 1. The summed E-state index contributed by atoms with van der Waals surface area (Å²) in [5, 5.41) is 21.8. The SMILES string of the molecule is COc1cc(C(C)=O)ccc1Oc1ccc([N+](=O)[O-])cc1[N+](=O)[O-]. The first-order valence-electron chi connectivity index (χ1n) is 6.63. The van der Waals surface area contributed by atoms with Gasteiger partial charge in [-0.3, -0.25) is 25.0 Å². The van der Waals surface area contributed by atoms with Gasteiger partial charge in [-0.1, -0.05) is 0 Å². The summed E-state index contributed by atoms with van der Waals surface area (Å²) in [5.74, 6) is -0.0181. The van der Waals surface area contributed by atoms with Gasteiger partial charge in [0.25, 0.3) is 5.69 Å². The van der Waals surface area contributed by atoms with Crippen molar-refractivity contribution in [2.45, 2.75) is 6.92 Å². The first-order chi connectivity index (χ1) is 11.3. The lowest BCUT2D eigenvalue weighted by atomic mass is 10.1. The highest BCUT2D eigenvalue weighted by molar-refractivity contribution is 5.94. The van der Waals surface area contributed by atoms with Crippen molar-refractivity contribution in [3.63, 3.8) is 0 Å². The van der Waals surface area contributed by atoms with E-state index in [9.17, 15) is 25.0 Å². The summed E-state index contributed by atoms with van der Waals surface area (Å²) in [6, 6.07) is 7.39. The molecule has 9 heteroatoms. The van der Waals surface area contributed by atoms with E-state index in [2.05, 4.69) is 0 Å². The van der Waals surface area contributed by atoms with Crippen LogP contribution in [0.2, 0.25) is 0 Å². The van der Waals surface area contributed by atoms with Gasteiger partial charge in [0.05, 0.1) is 23.0 Å². The maximum absolute atomic E-state index is 11.4. The third-order valence-electron chi connectivity index (χ3n) is 3.14. The van der Waals surface area contributed by atoms with Crippen LogP contribution in [0.4, 0.5) is 11.4 Å². The molecule has 0 heterocycles. The van der Waals surface area contributed by atoms with Crippen molar-refractivity contribution in [3.8, 4) is 17.2 Å². The number of nitro groups is 2. The molecule has 9 nitrogen and oxygen atoms in total. The third kappa shape index (κ3) is 3.46. The van der Waals surface area contributed by atoms with Crippen LogP contribution in [0.3, 0.4) is 0 Å². The second-order valence-electron chi connectivity index (χ2n) is 4.69. The Balaban J connectivity index is 2.46. The molecule has 0 N–H and O–H groups in total. The van der Waals surface area contributed by atoms with E-state index in [1.54, 1.807) is 0 Å². The summed E-state index contributed by atoms with van der Waals surface area (Å²) in [4.78, 5) is 31.7.